The third-order valence-corrected chi connectivity index (χ3v) is 12.2. The van der Waals surface area contributed by atoms with Crippen molar-refractivity contribution in [3.63, 3.8) is 0 Å². The van der Waals surface area contributed by atoms with Gasteiger partial charge in [-0.3, -0.25) is 0 Å². The quantitative estimate of drug-likeness (QED) is 0.426. The molecule has 1 saturated heterocycles. The molecular formula is C19H42O4P2Si. The third kappa shape index (κ3) is 6.48. The zero-order valence-electron chi connectivity index (χ0n) is 18.3. The highest BCUT2D eigenvalue weighted by atomic mass is 32.0. The average molecular weight is 425 g/mol. The number of aliphatic hydroxyl groups is 1. The predicted octanol–water partition coefficient (Wildman–Crippen LogP) is 5.27. The van der Waals surface area contributed by atoms with Crippen LogP contribution in [0.4, 0.5) is 0 Å². The van der Waals surface area contributed by atoms with Crippen molar-refractivity contribution in [1.82, 2.24) is 0 Å². The summed E-state index contributed by atoms with van der Waals surface area (Å²) in [5, 5.41) is 9.67. The van der Waals surface area contributed by atoms with Gasteiger partial charge in [0.1, 0.15) is 0 Å². The molecule has 1 aliphatic rings. The highest BCUT2D eigenvalue weighted by molar-refractivity contribution is 8.13. The van der Waals surface area contributed by atoms with Gasteiger partial charge in [0.25, 0.3) is 0 Å². The van der Waals surface area contributed by atoms with Crippen LogP contribution in [0.25, 0.3) is 0 Å². The van der Waals surface area contributed by atoms with E-state index >= 15 is 0 Å². The van der Waals surface area contributed by atoms with Crippen molar-refractivity contribution in [2.75, 3.05) is 19.9 Å². The summed E-state index contributed by atoms with van der Waals surface area (Å²) in [5.74, 6) is 0.889. The van der Waals surface area contributed by atoms with Gasteiger partial charge in [0, 0.05) is 18.4 Å². The first-order valence-corrected chi connectivity index (χ1v) is 16.2. The largest absolute Gasteiger partial charge is 0.413 e. The van der Waals surface area contributed by atoms with E-state index in [1.165, 1.54) is 0 Å². The van der Waals surface area contributed by atoms with Crippen LogP contribution in [0.15, 0.2) is 0 Å². The van der Waals surface area contributed by atoms with Crippen molar-refractivity contribution in [2.24, 2.45) is 17.8 Å². The molecule has 0 saturated carbocycles. The van der Waals surface area contributed by atoms with E-state index in [0.717, 1.165) is 13.0 Å². The summed E-state index contributed by atoms with van der Waals surface area (Å²) in [6, 6.07) is -0.111. The lowest BCUT2D eigenvalue weighted by atomic mass is 9.83. The van der Waals surface area contributed by atoms with Crippen LogP contribution in [0.3, 0.4) is 0 Å². The molecule has 3 unspecified atom stereocenters. The molecule has 26 heavy (non-hydrogen) atoms. The van der Waals surface area contributed by atoms with Crippen molar-refractivity contribution in [1.29, 1.82) is 0 Å². The summed E-state index contributed by atoms with van der Waals surface area (Å²) >= 11 is 0. The van der Waals surface area contributed by atoms with Gasteiger partial charge < -0.3 is 19.0 Å². The standard InChI is InChI=1S/C19H42O4P2Si/c1-13(10-11-20)17(23-26(8,9)19(4,5)6)15(3)16-14(2)12-21-18(22-16)25(7)24/h13-18,20H,10-12,24H2,1-9H3/t13-,14-,15+,16-,17+,18?,25?/m0/s1. The van der Waals surface area contributed by atoms with Crippen LogP contribution < -0.4 is 0 Å². The van der Waals surface area contributed by atoms with E-state index in [2.05, 4.69) is 70.2 Å². The highest BCUT2D eigenvalue weighted by Crippen LogP contribution is 2.50. The Hall–Kier alpha value is 0.917. The van der Waals surface area contributed by atoms with Crippen LogP contribution >= 0.6 is 16.5 Å². The van der Waals surface area contributed by atoms with Crippen molar-refractivity contribution >= 4 is 24.9 Å². The lowest BCUT2D eigenvalue weighted by Gasteiger charge is -2.47. The Morgan fingerprint density at radius 2 is 1.88 bits per heavy atom. The van der Waals surface area contributed by atoms with Gasteiger partial charge in [-0.05, 0) is 44.7 Å². The summed E-state index contributed by atoms with van der Waals surface area (Å²) in [4.78, 5) is 0. The monoisotopic (exact) mass is 424 g/mol. The lowest BCUT2D eigenvalue weighted by Crippen LogP contribution is -2.52. The predicted molar refractivity (Wildman–Crippen MR) is 118 cm³/mol. The van der Waals surface area contributed by atoms with E-state index in [0.29, 0.717) is 11.8 Å². The number of ether oxygens (including phenoxy) is 2. The SMILES string of the molecule is C[C@H]([C@H]1OC(P(C)P)OC[C@@H]1C)[C@H](O[Si](C)(C)C(C)(C)C)[C@@H](C)CCO. The molecule has 1 fully saturated rings. The third-order valence-electron chi connectivity index (χ3n) is 6.09. The van der Waals surface area contributed by atoms with E-state index in [4.69, 9.17) is 13.9 Å². The Balaban J connectivity index is 3.04. The fourth-order valence-electron chi connectivity index (χ4n) is 3.31. The molecule has 8 atom stereocenters. The molecule has 0 aromatic heterocycles. The van der Waals surface area contributed by atoms with E-state index in [9.17, 15) is 5.11 Å². The van der Waals surface area contributed by atoms with E-state index in [-0.39, 0.29) is 43.4 Å². The van der Waals surface area contributed by atoms with Gasteiger partial charge in [-0.15, -0.1) is 8.93 Å². The van der Waals surface area contributed by atoms with Gasteiger partial charge in [0.2, 0.25) is 0 Å². The second-order valence-corrected chi connectivity index (χ2v) is 18.5. The fraction of sp³-hybridized carbons (Fsp3) is 1.00. The number of aliphatic hydroxyl groups excluding tert-OH is 1. The van der Waals surface area contributed by atoms with Crippen molar-refractivity contribution in [3.8, 4) is 0 Å². The Labute approximate surface area is 166 Å². The van der Waals surface area contributed by atoms with Crippen LogP contribution in [0, 0.1) is 17.8 Å². The highest BCUT2D eigenvalue weighted by Gasteiger charge is 2.45. The molecule has 156 valence electrons. The van der Waals surface area contributed by atoms with Gasteiger partial charge in [-0.2, -0.15) is 0 Å². The minimum atomic E-state index is -1.92. The second kappa shape index (κ2) is 10.1. The molecule has 4 nitrogen and oxygen atoms in total. The molecule has 0 bridgehead atoms. The normalized spacial score (nSPS) is 29.9. The molecule has 0 spiro atoms. The van der Waals surface area contributed by atoms with Crippen LogP contribution in [0.1, 0.15) is 48.0 Å². The molecule has 0 radical (unpaired) electrons. The van der Waals surface area contributed by atoms with Gasteiger partial charge >= 0.3 is 0 Å². The summed E-state index contributed by atoms with van der Waals surface area (Å²) in [6.45, 7) is 21.2. The second-order valence-electron chi connectivity index (χ2n) is 9.58. The first-order valence-electron chi connectivity index (χ1n) is 9.85. The molecular weight excluding hydrogens is 382 g/mol. The van der Waals surface area contributed by atoms with Crippen molar-refractivity contribution in [3.05, 3.63) is 0 Å². The number of hydrogen-bond donors (Lipinski definition) is 1. The molecule has 1 heterocycles. The van der Waals surface area contributed by atoms with Crippen molar-refractivity contribution in [2.45, 2.75) is 84.3 Å². The van der Waals surface area contributed by atoms with Gasteiger partial charge in [0.15, 0.2) is 14.3 Å². The summed E-state index contributed by atoms with van der Waals surface area (Å²) < 4.78 is 19.2. The average Bonchev–Trinajstić information content (AvgIpc) is 2.51. The van der Waals surface area contributed by atoms with E-state index in [1.807, 2.05) is 0 Å². The number of rotatable bonds is 8. The smallest absolute Gasteiger partial charge is 0.192 e. The van der Waals surface area contributed by atoms with Crippen LogP contribution in [0.5, 0.6) is 0 Å². The van der Waals surface area contributed by atoms with Crippen LogP contribution in [0.2, 0.25) is 18.1 Å². The minimum Gasteiger partial charge on any atom is -0.413 e. The maximum Gasteiger partial charge on any atom is 0.192 e. The van der Waals surface area contributed by atoms with Gasteiger partial charge in [-0.1, -0.05) is 41.5 Å². The topological polar surface area (TPSA) is 47.9 Å². The lowest BCUT2D eigenvalue weighted by molar-refractivity contribution is -0.213. The summed E-state index contributed by atoms with van der Waals surface area (Å²) in [7, 11) is 0.558. The zero-order chi connectivity index (χ0) is 20.3. The van der Waals surface area contributed by atoms with Gasteiger partial charge in [-0.25, -0.2) is 0 Å². The maximum absolute atomic E-state index is 9.51. The first kappa shape index (κ1) is 25.0. The van der Waals surface area contributed by atoms with Crippen LogP contribution in [-0.2, 0) is 13.9 Å². The Morgan fingerprint density at radius 3 is 2.35 bits per heavy atom. The van der Waals surface area contributed by atoms with E-state index in [1.54, 1.807) is 0 Å². The van der Waals surface area contributed by atoms with E-state index < -0.39 is 8.32 Å². The summed E-state index contributed by atoms with van der Waals surface area (Å²) in [6.07, 6.45) is 0.964. The molecule has 1 N–H and O–H groups in total. The van der Waals surface area contributed by atoms with Crippen LogP contribution in [-0.4, -0.2) is 51.5 Å². The molecule has 0 aromatic carbocycles. The Kier molecular flexibility index (Phi) is 9.69. The number of hydrogen-bond acceptors (Lipinski definition) is 4. The Bertz CT molecular complexity index is 428. The zero-order valence-corrected chi connectivity index (χ0v) is 21.3. The maximum atomic E-state index is 9.51. The summed E-state index contributed by atoms with van der Waals surface area (Å²) in [5.41, 5.74) is 0. The first-order chi connectivity index (χ1) is 11.8. The molecule has 0 amide bonds. The van der Waals surface area contributed by atoms with Crippen molar-refractivity contribution < 1.29 is 19.0 Å². The molecule has 0 aromatic rings. The molecule has 1 aliphatic heterocycles. The minimum absolute atomic E-state index is 0.0850. The fourth-order valence-corrected chi connectivity index (χ4v) is 5.91. The molecule has 1 rings (SSSR count). The molecule has 0 aliphatic carbocycles. The molecule has 7 heteroatoms. The van der Waals surface area contributed by atoms with Gasteiger partial charge in [0.05, 0.1) is 18.8 Å². The Morgan fingerprint density at radius 1 is 1.31 bits per heavy atom.